The topological polar surface area (TPSA) is 23.8 Å². The van der Waals surface area contributed by atoms with E-state index in [1.807, 2.05) is 13.0 Å². The molecule has 0 N–H and O–H groups in total. The van der Waals surface area contributed by atoms with Gasteiger partial charge in [0, 0.05) is 0 Å². The Morgan fingerprint density at radius 1 is 1.40 bits per heavy atom. The Bertz CT molecular complexity index is 238. The number of nitriles is 1. The van der Waals surface area contributed by atoms with Gasteiger partial charge in [-0.1, -0.05) is 11.1 Å². The maximum absolute atomic E-state index is 8.63. The number of rotatable bonds is 0. The van der Waals surface area contributed by atoms with Crippen LogP contribution in [0.4, 0.5) is 0 Å². The molecule has 0 atom stereocenters. The van der Waals surface area contributed by atoms with Crippen LogP contribution in [-0.4, -0.2) is 0 Å². The van der Waals surface area contributed by atoms with Gasteiger partial charge in [-0.2, -0.15) is 5.26 Å². The highest BCUT2D eigenvalue weighted by atomic mass is 14.3. The summed E-state index contributed by atoms with van der Waals surface area (Å²) in [7, 11) is 0. The Balaban J connectivity index is 2.95. The van der Waals surface area contributed by atoms with Crippen molar-refractivity contribution in [3.05, 3.63) is 22.8 Å². The second-order valence-electron chi connectivity index (χ2n) is 2.80. The fourth-order valence-electron chi connectivity index (χ4n) is 1.09. The van der Waals surface area contributed by atoms with Crippen molar-refractivity contribution < 1.29 is 0 Å². The summed E-state index contributed by atoms with van der Waals surface area (Å²) >= 11 is 0. The average molecular weight is 133 g/mol. The van der Waals surface area contributed by atoms with E-state index in [9.17, 15) is 0 Å². The van der Waals surface area contributed by atoms with E-state index in [-0.39, 0.29) is 0 Å². The van der Waals surface area contributed by atoms with Crippen LogP contribution < -0.4 is 0 Å². The minimum Gasteiger partial charge on any atom is -0.192 e. The van der Waals surface area contributed by atoms with Crippen molar-refractivity contribution in [2.45, 2.75) is 26.7 Å². The highest BCUT2D eigenvalue weighted by molar-refractivity contribution is 5.41. The third-order valence-corrected chi connectivity index (χ3v) is 1.87. The monoisotopic (exact) mass is 133 g/mol. The van der Waals surface area contributed by atoms with Gasteiger partial charge >= 0.3 is 0 Å². The Labute approximate surface area is 61.7 Å². The highest BCUT2D eigenvalue weighted by Gasteiger charge is 2.05. The fraction of sp³-hybridized carbons (Fsp3) is 0.444. The Morgan fingerprint density at radius 2 is 2.10 bits per heavy atom. The standard InChI is InChI=1S/C9H11N/c1-7-3-4-8(2)9(5-7)6-10/h5H,3-4H2,1-2H3. The zero-order valence-electron chi connectivity index (χ0n) is 6.44. The van der Waals surface area contributed by atoms with Crippen LogP contribution in [0.25, 0.3) is 0 Å². The molecule has 0 spiro atoms. The SMILES string of the molecule is CC1=CC(C#N)=C(C)CC1. The van der Waals surface area contributed by atoms with Crippen LogP contribution >= 0.6 is 0 Å². The lowest BCUT2D eigenvalue weighted by Gasteiger charge is -2.09. The molecule has 0 aromatic carbocycles. The fourth-order valence-corrected chi connectivity index (χ4v) is 1.09. The molecular formula is C9H11N. The zero-order valence-corrected chi connectivity index (χ0v) is 6.44. The predicted molar refractivity (Wildman–Crippen MR) is 41.3 cm³/mol. The minimum absolute atomic E-state index is 0.865. The molecule has 1 nitrogen and oxygen atoms in total. The molecule has 0 fully saturated rings. The van der Waals surface area contributed by atoms with E-state index in [1.165, 1.54) is 11.1 Å². The van der Waals surface area contributed by atoms with Gasteiger partial charge in [-0.3, -0.25) is 0 Å². The van der Waals surface area contributed by atoms with Crippen molar-refractivity contribution in [1.82, 2.24) is 0 Å². The molecule has 0 aromatic heterocycles. The minimum atomic E-state index is 0.865. The van der Waals surface area contributed by atoms with E-state index >= 15 is 0 Å². The van der Waals surface area contributed by atoms with Gasteiger partial charge in [-0.15, -0.1) is 0 Å². The van der Waals surface area contributed by atoms with Gasteiger partial charge in [0.15, 0.2) is 0 Å². The summed E-state index contributed by atoms with van der Waals surface area (Å²) in [6.45, 7) is 4.10. The quantitative estimate of drug-likeness (QED) is 0.498. The molecule has 0 aromatic rings. The summed E-state index contributed by atoms with van der Waals surface area (Å²) in [6.07, 6.45) is 4.17. The molecule has 0 radical (unpaired) electrons. The molecule has 0 heterocycles. The number of hydrogen-bond acceptors (Lipinski definition) is 1. The molecule has 0 bridgehead atoms. The molecule has 1 aliphatic rings. The summed E-state index contributed by atoms with van der Waals surface area (Å²) < 4.78 is 0. The first-order valence-electron chi connectivity index (χ1n) is 3.51. The van der Waals surface area contributed by atoms with Gasteiger partial charge < -0.3 is 0 Å². The summed E-state index contributed by atoms with van der Waals surface area (Å²) in [4.78, 5) is 0. The van der Waals surface area contributed by atoms with Gasteiger partial charge in [-0.25, -0.2) is 0 Å². The van der Waals surface area contributed by atoms with Crippen molar-refractivity contribution >= 4 is 0 Å². The van der Waals surface area contributed by atoms with E-state index < -0.39 is 0 Å². The van der Waals surface area contributed by atoms with Gasteiger partial charge in [0.1, 0.15) is 0 Å². The van der Waals surface area contributed by atoms with Crippen molar-refractivity contribution in [2.24, 2.45) is 0 Å². The molecule has 10 heavy (non-hydrogen) atoms. The van der Waals surface area contributed by atoms with E-state index in [1.54, 1.807) is 0 Å². The number of hydrogen-bond donors (Lipinski definition) is 0. The van der Waals surface area contributed by atoms with Crippen LogP contribution in [-0.2, 0) is 0 Å². The summed E-state index contributed by atoms with van der Waals surface area (Å²) in [6, 6.07) is 2.19. The lowest BCUT2D eigenvalue weighted by molar-refractivity contribution is 0.895. The first-order chi connectivity index (χ1) is 4.74. The Hall–Kier alpha value is -1.03. The lowest BCUT2D eigenvalue weighted by Crippen LogP contribution is -1.92. The molecule has 0 amide bonds. The Kier molecular flexibility index (Phi) is 1.91. The van der Waals surface area contributed by atoms with Crippen LogP contribution in [0.15, 0.2) is 22.8 Å². The largest absolute Gasteiger partial charge is 0.192 e. The third-order valence-electron chi connectivity index (χ3n) is 1.87. The van der Waals surface area contributed by atoms with Gasteiger partial charge in [0.2, 0.25) is 0 Å². The van der Waals surface area contributed by atoms with Gasteiger partial charge in [-0.05, 0) is 32.8 Å². The number of nitrogens with zero attached hydrogens (tertiary/aromatic N) is 1. The van der Waals surface area contributed by atoms with E-state index in [0.717, 1.165) is 18.4 Å². The van der Waals surface area contributed by atoms with Crippen LogP contribution in [0.5, 0.6) is 0 Å². The van der Waals surface area contributed by atoms with Crippen LogP contribution in [0.2, 0.25) is 0 Å². The third kappa shape index (κ3) is 1.27. The molecule has 0 aliphatic heterocycles. The molecule has 1 aliphatic carbocycles. The maximum atomic E-state index is 8.63. The normalized spacial score (nSPS) is 18.3. The molecule has 1 heteroatoms. The van der Waals surface area contributed by atoms with Crippen molar-refractivity contribution in [1.29, 1.82) is 5.26 Å². The average Bonchev–Trinajstić information content (AvgIpc) is 1.94. The van der Waals surface area contributed by atoms with Crippen LogP contribution in [0, 0.1) is 11.3 Å². The first kappa shape index (κ1) is 7.08. The molecule has 0 saturated carbocycles. The molecule has 1 rings (SSSR count). The number of allylic oxidation sites excluding steroid dienone is 4. The Morgan fingerprint density at radius 3 is 2.60 bits per heavy atom. The van der Waals surface area contributed by atoms with Gasteiger partial charge in [0.05, 0.1) is 11.6 Å². The molecule has 0 saturated heterocycles. The highest BCUT2D eigenvalue weighted by Crippen LogP contribution is 2.22. The first-order valence-corrected chi connectivity index (χ1v) is 3.51. The molecule has 0 unspecified atom stereocenters. The molecule has 52 valence electrons. The zero-order chi connectivity index (χ0) is 7.56. The maximum Gasteiger partial charge on any atom is 0.0990 e. The van der Waals surface area contributed by atoms with E-state index in [0.29, 0.717) is 0 Å². The summed E-state index contributed by atoms with van der Waals surface area (Å²) in [5.41, 5.74) is 3.42. The second-order valence-corrected chi connectivity index (χ2v) is 2.80. The van der Waals surface area contributed by atoms with Crippen LogP contribution in [0.1, 0.15) is 26.7 Å². The second kappa shape index (κ2) is 2.70. The summed E-state index contributed by atoms with van der Waals surface area (Å²) in [5.74, 6) is 0. The van der Waals surface area contributed by atoms with Crippen molar-refractivity contribution in [2.75, 3.05) is 0 Å². The summed E-state index contributed by atoms with van der Waals surface area (Å²) in [5, 5.41) is 8.63. The van der Waals surface area contributed by atoms with Crippen LogP contribution in [0.3, 0.4) is 0 Å². The van der Waals surface area contributed by atoms with Gasteiger partial charge in [0.25, 0.3) is 0 Å². The predicted octanol–water partition coefficient (Wildman–Crippen LogP) is 2.57. The van der Waals surface area contributed by atoms with E-state index in [4.69, 9.17) is 5.26 Å². The van der Waals surface area contributed by atoms with Crippen molar-refractivity contribution in [3.63, 3.8) is 0 Å². The van der Waals surface area contributed by atoms with Crippen molar-refractivity contribution in [3.8, 4) is 6.07 Å². The molecular weight excluding hydrogens is 122 g/mol. The van der Waals surface area contributed by atoms with E-state index in [2.05, 4.69) is 13.0 Å². The smallest absolute Gasteiger partial charge is 0.0990 e. The lowest BCUT2D eigenvalue weighted by atomic mass is 9.95.